The van der Waals surface area contributed by atoms with E-state index in [1.54, 1.807) is 0 Å². The lowest BCUT2D eigenvalue weighted by molar-refractivity contribution is 0.432. The van der Waals surface area contributed by atoms with Crippen LogP contribution >= 0.6 is 0 Å². The predicted molar refractivity (Wildman–Crippen MR) is 75.8 cm³/mol. The molecule has 1 aromatic heterocycles. The molecule has 2 aromatic rings. The van der Waals surface area contributed by atoms with Gasteiger partial charge in [-0.2, -0.15) is 4.98 Å². The van der Waals surface area contributed by atoms with Crippen molar-refractivity contribution in [1.29, 1.82) is 0 Å². The Bertz CT molecular complexity index is 664. The molecule has 1 aromatic carbocycles. The lowest BCUT2D eigenvalue weighted by atomic mass is 10.1. The van der Waals surface area contributed by atoms with E-state index >= 15 is 0 Å². The molecule has 108 valence electrons. The van der Waals surface area contributed by atoms with Gasteiger partial charge in [-0.25, -0.2) is 13.1 Å². The van der Waals surface area contributed by atoms with Crippen LogP contribution in [0.2, 0.25) is 0 Å². The summed E-state index contributed by atoms with van der Waals surface area (Å²) in [6.07, 6.45) is 0. The summed E-state index contributed by atoms with van der Waals surface area (Å²) in [4.78, 5) is 4.15. The predicted octanol–water partition coefficient (Wildman–Crippen LogP) is 1.01. The van der Waals surface area contributed by atoms with Gasteiger partial charge in [-0.15, -0.1) is 0 Å². The minimum atomic E-state index is -3.24. The fraction of sp³-hybridized carbons (Fsp3) is 0.333. The maximum atomic E-state index is 11.2. The van der Waals surface area contributed by atoms with Crippen LogP contribution in [0.5, 0.6) is 0 Å². The molecule has 0 spiro atoms. The third kappa shape index (κ3) is 3.78. The summed E-state index contributed by atoms with van der Waals surface area (Å²) in [6, 6.07) is 7.91. The van der Waals surface area contributed by atoms with E-state index < -0.39 is 10.0 Å². The van der Waals surface area contributed by atoms with Crippen LogP contribution < -0.4 is 10.0 Å². The molecular weight excluding hydrogens is 280 g/mol. The highest BCUT2D eigenvalue weighted by Gasteiger charge is 2.10. The minimum Gasteiger partial charge on any atom is -0.337 e. The second-order valence-corrected chi connectivity index (χ2v) is 6.28. The number of hydrogen-bond acceptors (Lipinski definition) is 6. The van der Waals surface area contributed by atoms with Crippen LogP contribution in [0.25, 0.3) is 11.4 Å². The average molecular weight is 296 g/mol. The zero-order valence-corrected chi connectivity index (χ0v) is 12.1. The van der Waals surface area contributed by atoms with Crippen molar-refractivity contribution in [3.8, 4) is 11.4 Å². The van der Waals surface area contributed by atoms with Crippen LogP contribution in [0.4, 0.5) is 6.01 Å². The number of hydrogen-bond donors (Lipinski definition) is 2. The van der Waals surface area contributed by atoms with Crippen molar-refractivity contribution in [3.63, 3.8) is 0 Å². The Morgan fingerprint density at radius 3 is 2.60 bits per heavy atom. The number of sulfonamides is 1. The Morgan fingerprint density at radius 2 is 1.95 bits per heavy atom. The number of aryl methyl sites for hydroxylation is 1. The summed E-state index contributed by atoms with van der Waals surface area (Å²) >= 11 is 0. The number of aromatic nitrogens is 2. The average Bonchev–Trinajstić information content (AvgIpc) is 2.88. The summed E-state index contributed by atoms with van der Waals surface area (Å²) in [5.41, 5.74) is 1.99. The van der Waals surface area contributed by atoms with Gasteiger partial charge < -0.3 is 9.84 Å². The molecule has 0 radical (unpaired) electrons. The van der Waals surface area contributed by atoms with E-state index in [2.05, 4.69) is 20.2 Å². The minimum absolute atomic E-state index is 0.0637. The molecule has 0 unspecified atom stereocenters. The molecule has 0 fully saturated rings. The molecule has 2 N–H and O–H groups in total. The fourth-order valence-electron chi connectivity index (χ4n) is 1.51. The topological polar surface area (TPSA) is 97.1 Å². The van der Waals surface area contributed by atoms with Gasteiger partial charge in [0, 0.05) is 12.1 Å². The summed E-state index contributed by atoms with van der Waals surface area (Å²) in [5.74, 6) is 0.398. The molecule has 7 nitrogen and oxygen atoms in total. The quantitative estimate of drug-likeness (QED) is 0.825. The van der Waals surface area contributed by atoms with Gasteiger partial charge in [0.2, 0.25) is 15.8 Å². The van der Waals surface area contributed by atoms with Crippen LogP contribution in [0.1, 0.15) is 5.56 Å². The normalized spacial score (nSPS) is 11.5. The number of benzene rings is 1. The van der Waals surface area contributed by atoms with Crippen molar-refractivity contribution in [2.24, 2.45) is 0 Å². The lowest BCUT2D eigenvalue weighted by Gasteiger charge is -2.01. The number of nitrogens with zero attached hydrogens (tertiary/aromatic N) is 2. The Morgan fingerprint density at radius 1 is 1.25 bits per heavy atom. The highest BCUT2D eigenvalue weighted by Crippen LogP contribution is 2.17. The van der Waals surface area contributed by atoms with Crippen LogP contribution in [-0.4, -0.2) is 37.9 Å². The van der Waals surface area contributed by atoms with Gasteiger partial charge in [-0.05, 0) is 14.0 Å². The van der Waals surface area contributed by atoms with Crippen molar-refractivity contribution in [2.75, 3.05) is 24.7 Å². The molecule has 0 bridgehead atoms. The van der Waals surface area contributed by atoms with E-state index in [0.717, 1.165) is 11.1 Å². The van der Waals surface area contributed by atoms with E-state index in [-0.39, 0.29) is 18.3 Å². The molecule has 0 atom stereocenters. The third-order valence-corrected chi connectivity index (χ3v) is 4.06. The SMILES string of the molecule is CNS(=O)(=O)CCNc1nc(-c2ccc(C)cc2)no1. The smallest absolute Gasteiger partial charge is 0.321 e. The van der Waals surface area contributed by atoms with Crippen molar-refractivity contribution in [2.45, 2.75) is 6.92 Å². The van der Waals surface area contributed by atoms with E-state index in [1.807, 2.05) is 31.2 Å². The van der Waals surface area contributed by atoms with Crippen molar-refractivity contribution >= 4 is 16.0 Å². The maximum Gasteiger partial charge on any atom is 0.321 e. The van der Waals surface area contributed by atoms with E-state index in [0.29, 0.717) is 5.82 Å². The Labute approximate surface area is 117 Å². The van der Waals surface area contributed by atoms with Gasteiger partial charge in [0.25, 0.3) is 0 Å². The molecule has 0 aliphatic heterocycles. The monoisotopic (exact) mass is 296 g/mol. The molecule has 20 heavy (non-hydrogen) atoms. The van der Waals surface area contributed by atoms with Crippen molar-refractivity contribution in [3.05, 3.63) is 29.8 Å². The number of nitrogens with one attached hydrogen (secondary N) is 2. The Kier molecular flexibility index (Phi) is 4.35. The summed E-state index contributed by atoms with van der Waals surface area (Å²) in [6.45, 7) is 2.19. The van der Waals surface area contributed by atoms with E-state index in [1.165, 1.54) is 7.05 Å². The Balaban J connectivity index is 1.97. The molecule has 0 amide bonds. The first-order valence-electron chi connectivity index (χ1n) is 6.06. The van der Waals surface area contributed by atoms with Crippen LogP contribution in [0.3, 0.4) is 0 Å². The molecule has 0 saturated heterocycles. The fourth-order valence-corrected chi connectivity index (χ4v) is 2.08. The summed E-state index contributed by atoms with van der Waals surface area (Å²) in [7, 11) is -1.87. The van der Waals surface area contributed by atoms with E-state index in [9.17, 15) is 8.42 Å². The third-order valence-electron chi connectivity index (χ3n) is 2.69. The van der Waals surface area contributed by atoms with Gasteiger partial charge in [0.05, 0.1) is 5.75 Å². The molecule has 0 saturated carbocycles. The molecule has 2 rings (SSSR count). The van der Waals surface area contributed by atoms with E-state index in [4.69, 9.17) is 4.52 Å². The molecule has 0 aliphatic carbocycles. The zero-order chi connectivity index (χ0) is 14.6. The standard InChI is InChI=1S/C12H16N4O3S/c1-9-3-5-10(6-4-9)11-15-12(19-16-11)14-7-8-20(17,18)13-2/h3-6,13H,7-8H2,1-2H3,(H,14,15,16). The number of anilines is 1. The second-order valence-electron chi connectivity index (χ2n) is 4.24. The summed E-state index contributed by atoms with van der Waals surface area (Å²) in [5, 5.41) is 6.61. The maximum absolute atomic E-state index is 11.2. The highest BCUT2D eigenvalue weighted by molar-refractivity contribution is 7.89. The highest BCUT2D eigenvalue weighted by atomic mass is 32.2. The first-order valence-corrected chi connectivity index (χ1v) is 7.71. The Hall–Kier alpha value is -1.93. The zero-order valence-electron chi connectivity index (χ0n) is 11.3. The largest absolute Gasteiger partial charge is 0.337 e. The first-order chi connectivity index (χ1) is 9.50. The van der Waals surface area contributed by atoms with Gasteiger partial charge in [-0.1, -0.05) is 35.0 Å². The molecule has 0 aliphatic rings. The van der Waals surface area contributed by atoms with Crippen LogP contribution in [0, 0.1) is 6.92 Å². The van der Waals surface area contributed by atoms with Gasteiger partial charge >= 0.3 is 6.01 Å². The second kappa shape index (κ2) is 6.02. The first kappa shape index (κ1) is 14.5. The molecule has 8 heteroatoms. The van der Waals surface area contributed by atoms with Crippen molar-refractivity contribution in [1.82, 2.24) is 14.9 Å². The van der Waals surface area contributed by atoms with Gasteiger partial charge in [-0.3, -0.25) is 0 Å². The van der Waals surface area contributed by atoms with Crippen LogP contribution in [0.15, 0.2) is 28.8 Å². The molecular formula is C12H16N4O3S. The van der Waals surface area contributed by atoms with Crippen molar-refractivity contribution < 1.29 is 12.9 Å². The van der Waals surface area contributed by atoms with Crippen LogP contribution in [-0.2, 0) is 10.0 Å². The lowest BCUT2D eigenvalue weighted by Crippen LogP contribution is -2.26. The number of rotatable bonds is 6. The van der Waals surface area contributed by atoms with Gasteiger partial charge in [0.1, 0.15) is 0 Å². The van der Waals surface area contributed by atoms with Gasteiger partial charge in [0.15, 0.2) is 0 Å². The molecule has 1 heterocycles. The summed E-state index contributed by atoms with van der Waals surface area (Å²) < 4.78 is 29.7.